The van der Waals surface area contributed by atoms with E-state index in [1.54, 1.807) is 0 Å². The predicted molar refractivity (Wildman–Crippen MR) is 68.6 cm³/mol. The minimum absolute atomic E-state index is 0.0246. The molecule has 0 bridgehead atoms. The fraction of sp³-hybridized carbons (Fsp3) is 0.462. The Kier molecular flexibility index (Phi) is 4.61. The van der Waals surface area contributed by atoms with E-state index in [9.17, 15) is 18.0 Å². The molecule has 0 aliphatic carbocycles. The summed E-state index contributed by atoms with van der Waals surface area (Å²) in [4.78, 5) is 13.6. The second-order valence-corrected chi connectivity index (χ2v) is 4.91. The molecular weight excluding hydrogens is 271 g/mol. The van der Waals surface area contributed by atoms with Crippen molar-refractivity contribution in [3.63, 3.8) is 0 Å². The molecule has 1 heterocycles. The second-order valence-electron chi connectivity index (χ2n) is 4.91. The molecule has 0 unspecified atom stereocenters. The van der Waals surface area contributed by atoms with E-state index in [4.69, 9.17) is 5.73 Å². The molecule has 1 amide bonds. The molecule has 1 atom stereocenters. The topological polar surface area (TPSA) is 58.4 Å². The molecule has 1 fully saturated rings. The molecule has 4 nitrogen and oxygen atoms in total. The summed E-state index contributed by atoms with van der Waals surface area (Å²) in [6.07, 6.45) is 1.81. The van der Waals surface area contributed by atoms with Crippen molar-refractivity contribution in [1.29, 1.82) is 0 Å². The van der Waals surface area contributed by atoms with Crippen molar-refractivity contribution in [2.75, 3.05) is 25.0 Å². The highest BCUT2D eigenvalue weighted by molar-refractivity contribution is 5.92. The highest BCUT2D eigenvalue weighted by Crippen LogP contribution is 2.19. The number of rotatable bonds is 3. The number of hydrogen-bond donors (Lipinski definition) is 2. The summed E-state index contributed by atoms with van der Waals surface area (Å²) in [6.45, 7) is 1.38. The maximum Gasteiger partial charge on any atom is 0.238 e. The zero-order valence-corrected chi connectivity index (χ0v) is 10.8. The van der Waals surface area contributed by atoms with Crippen molar-refractivity contribution in [3.05, 3.63) is 29.6 Å². The van der Waals surface area contributed by atoms with Gasteiger partial charge in [0.25, 0.3) is 0 Å². The Labute approximate surface area is 114 Å². The number of hydrogen-bond acceptors (Lipinski definition) is 3. The van der Waals surface area contributed by atoms with Gasteiger partial charge in [0.2, 0.25) is 5.91 Å². The van der Waals surface area contributed by atoms with Crippen molar-refractivity contribution >= 4 is 11.6 Å². The number of amides is 1. The molecule has 0 spiro atoms. The average molecular weight is 287 g/mol. The van der Waals surface area contributed by atoms with Crippen molar-refractivity contribution < 1.29 is 18.0 Å². The molecule has 7 heteroatoms. The van der Waals surface area contributed by atoms with Crippen molar-refractivity contribution in [2.24, 2.45) is 5.73 Å². The van der Waals surface area contributed by atoms with Gasteiger partial charge in [-0.2, -0.15) is 0 Å². The molecule has 1 saturated heterocycles. The monoisotopic (exact) mass is 287 g/mol. The lowest BCUT2D eigenvalue weighted by Crippen LogP contribution is -2.45. The lowest BCUT2D eigenvalue weighted by atomic mass is 10.1. The molecule has 0 radical (unpaired) electrons. The van der Waals surface area contributed by atoms with Crippen LogP contribution in [-0.2, 0) is 4.79 Å². The molecule has 110 valence electrons. The Morgan fingerprint density at radius 1 is 1.35 bits per heavy atom. The maximum atomic E-state index is 13.4. The summed E-state index contributed by atoms with van der Waals surface area (Å²) < 4.78 is 39.2. The van der Waals surface area contributed by atoms with Crippen molar-refractivity contribution in [3.8, 4) is 0 Å². The van der Waals surface area contributed by atoms with Crippen LogP contribution in [0.25, 0.3) is 0 Å². The van der Waals surface area contributed by atoms with Crippen LogP contribution in [-0.4, -0.2) is 36.5 Å². The molecule has 1 aliphatic rings. The van der Waals surface area contributed by atoms with Gasteiger partial charge >= 0.3 is 0 Å². The van der Waals surface area contributed by atoms with Crippen LogP contribution < -0.4 is 11.1 Å². The number of likely N-dealkylation sites (tertiary alicyclic amines) is 1. The van der Waals surface area contributed by atoms with Crippen LogP contribution in [0.1, 0.15) is 12.8 Å². The molecule has 0 aromatic heterocycles. The van der Waals surface area contributed by atoms with Gasteiger partial charge < -0.3 is 11.1 Å². The van der Waals surface area contributed by atoms with Crippen molar-refractivity contribution in [2.45, 2.75) is 18.9 Å². The van der Waals surface area contributed by atoms with Gasteiger partial charge in [-0.15, -0.1) is 0 Å². The maximum absolute atomic E-state index is 13.4. The Morgan fingerprint density at radius 3 is 2.80 bits per heavy atom. The smallest absolute Gasteiger partial charge is 0.238 e. The van der Waals surface area contributed by atoms with Crippen LogP contribution in [0.3, 0.4) is 0 Å². The fourth-order valence-electron chi connectivity index (χ4n) is 2.25. The van der Waals surface area contributed by atoms with Crippen LogP contribution >= 0.6 is 0 Å². The number of anilines is 1. The summed E-state index contributed by atoms with van der Waals surface area (Å²) in [6, 6.07) is 1.79. The van der Waals surface area contributed by atoms with E-state index >= 15 is 0 Å². The summed E-state index contributed by atoms with van der Waals surface area (Å²) in [5.74, 6) is -4.76. The quantitative estimate of drug-likeness (QED) is 0.828. The van der Waals surface area contributed by atoms with E-state index in [0.29, 0.717) is 6.54 Å². The lowest BCUT2D eigenvalue weighted by Gasteiger charge is -2.29. The second kappa shape index (κ2) is 6.23. The first-order valence-electron chi connectivity index (χ1n) is 6.38. The van der Waals surface area contributed by atoms with Gasteiger partial charge in [0.1, 0.15) is 0 Å². The van der Waals surface area contributed by atoms with Crippen LogP contribution in [0.2, 0.25) is 0 Å². The van der Waals surface area contributed by atoms with Gasteiger partial charge in [0.15, 0.2) is 17.5 Å². The van der Waals surface area contributed by atoms with Gasteiger partial charge in [0, 0.05) is 12.6 Å². The van der Waals surface area contributed by atoms with E-state index in [1.807, 2.05) is 4.90 Å². The largest absolute Gasteiger partial charge is 0.327 e. The molecule has 2 rings (SSSR count). The van der Waals surface area contributed by atoms with Crippen molar-refractivity contribution in [1.82, 2.24) is 4.90 Å². The summed E-state index contributed by atoms with van der Waals surface area (Å²) >= 11 is 0. The van der Waals surface area contributed by atoms with E-state index in [2.05, 4.69) is 5.32 Å². The first-order chi connectivity index (χ1) is 9.47. The summed E-state index contributed by atoms with van der Waals surface area (Å²) in [5, 5.41) is 2.24. The number of halogens is 3. The highest BCUT2D eigenvalue weighted by atomic mass is 19.2. The van der Waals surface area contributed by atoms with Gasteiger partial charge in [-0.3, -0.25) is 9.69 Å². The number of carbonyl (C=O) groups excluding carboxylic acids is 1. The molecule has 1 aliphatic heterocycles. The van der Waals surface area contributed by atoms with E-state index in [1.165, 1.54) is 0 Å². The standard InChI is InChI=1S/C13H16F3N3O/c14-9-3-4-10(13(16)12(9)15)18-11(20)7-19-5-1-2-8(17)6-19/h3-4,8H,1-2,5-7,17H2,(H,18,20)/t8-/m1/s1. The van der Waals surface area contributed by atoms with E-state index < -0.39 is 23.4 Å². The molecular formula is C13H16F3N3O. The van der Waals surface area contributed by atoms with Gasteiger partial charge in [-0.1, -0.05) is 0 Å². The minimum Gasteiger partial charge on any atom is -0.327 e. The van der Waals surface area contributed by atoms with Crippen LogP contribution in [0.4, 0.5) is 18.9 Å². The normalized spacial score (nSPS) is 19.9. The highest BCUT2D eigenvalue weighted by Gasteiger charge is 2.20. The van der Waals surface area contributed by atoms with E-state index in [0.717, 1.165) is 31.5 Å². The van der Waals surface area contributed by atoms with Crippen LogP contribution in [0.5, 0.6) is 0 Å². The van der Waals surface area contributed by atoms with Gasteiger partial charge in [-0.05, 0) is 31.5 Å². The van der Waals surface area contributed by atoms with Gasteiger partial charge in [-0.25, -0.2) is 13.2 Å². The first kappa shape index (κ1) is 14.8. The SMILES string of the molecule is N[C@@H]1CCCN(CC(=O)Nc2ccc(F)c(F)c2F)C1. The Morgan fingerprint density at radius 2 is 2.10 bits per heavy atom. The number of carbonyl (C=O) groups is 1. The average Bonchev–Trinajstić information content (AvgIpc) is 2.39. The number of nitrogens with one attached hydrogen (secondary N) is 1. The van der Waals surface area contributed by atoms with E-state index in [-0.39, 0.29) is 18.3 Å². The molecule has 3 N–H and O–H groups in total. The fourth-order valence-corrected chi connectivity index (χ4v) is 2.25. The number of piperidine rings is 1. The van der Waals surface area contributed by atoms with Crippen LogP contribution in [0.15, 0.2) is 12.1 Å². The first-order valence-corrected chi connectivity index (χ1v) is 6.38. The lowest BCUT2D eigenvalue weighted by molar-refractivity contribution is -0.117. The third kappa shape index (κ3) is 3.49. The number of benzene rings is 1. The zero-order valence-electron chi connectivity index (χ0n) is 10.8. The molecule has 1 aromatic rings. The van der Waals surface area contributed by atoms with Crippen LogP contribution in [0, 0.1) is 17.5 Å². The number of nitrogens with zero attached hydrogens (tertiary/aromatic N) is 1. The third-order valence-corrected chi connectivity index (χ3v) is 3.22. The predicted octanol–water partition coefficient (Wildman–Crippen LogP) is 1.47. The Balaban J connectivity index is 1.96. The molecule has 20 heavy (non-hydrogen) atoms. The Hall–Kier alpha value is -1.60. The summed E-state index contributed by atoms with van der Waals surface area (Å²) in [7, 11) is 0. The molecule has 1 aromatic carbocycles. The van der Waals surface area contributed by atoms with Gasteiger partial charge in [0.05, 0.1) is 12.2 Å². The Bertz CT molecular complexity index is 510. The molecule has 0 saturated carbocycles. The zero-order chi connectivity index (χ0) is 14.7. The minimum atomic E-state index is -1.59. The number of nitrogens with two attached hydrogens (primary N) is 1. The summed E-state index contributed by atoms with van der Waals surface area (Å²) in [5.41, 5.74) is 5.42. The third-order valence-electron chi connectivity index (χ3n) is 3.22.